The molecule has 7 heteroatoms. The van der Waals surface area contributed by atoms with Crippen molar-refractivity contribution in [2.45, 2.75) is 18.9 Å². The highest BCUT2D eigenvalue weighted by molar-refractivity contribution is 5.97. The molecule has 0 aliphatic carbocycles. The van der Waals surface area contributed by atoms with E-state index in [1.54, 1.807) is 41.6 Å². The fraction of sp³-hybridized carbons (Fsp3) is 0.190. The maximum absolute atomic E-state index is 13.2. The van der Waals surface area contributed by atoms with Crippen LogP contribution in [0.4, 0.5) is 0 Å². The lowest BCUT2D eigenvalue weighted by molar-refractivity contribution is 0.0730. The largest absolute Gasteiger partial charge is 0.328 e. The summed E-state index contributed by atoms with van der Waals surface area (Å²) in [6, 6.07) is 12.3. The molecule has 2 aromatic carbocycles. The molecule has 2 aromatic heterocycles. The van der Waals surface area contributed by atoms with Crippen molar-refractivity contribution in [3.63, 3.8) is 0 Å². The van der Waals surface area contributed by atoms with Gasteiger partial charge in [-0.1, -0.05) is 12.1 Å². The van der Waals surface area contributed by atoms with Crippen LogP contribution >= 0.6 is 0 Å². The molecule has 1 saturated heterocycles. The summed E-state index contributed by atoms with van der Waals surface area (Å²) in [5.41, 5.74) is 2.45. The van der Waals surface area contributed by atoms with E-state index in [4.69, 9.17) is 0 Å². The summed E-state index contributed by atoms with van der Waals surface area (Å²) in [5.74, 6) is 0.445. The van der Waals surface area contributed by atoms with Crippen molar-refractivity contribution in [2.24, 2.45) is 0 Å². The van der Waals surface area contributed by atoms with Gasteiger partial charge in [0.05, 0.1) is 28.0 Å². The number of rotatable bonds is 2. The Hall–Kier alpha value is -3.61. The number of aromatic amines is 1. The molecular weight excluding hydrogens is 354 g/mol. The van der Waals surface area contributed by atoms with E-state index in [-0.39, 0.29) is 17.5 Å². The zero-order chi connectivity index (χ0) is 19.1. The second-order valence-corrected chi connectivity index (χ2v) is 6.88. The molecule has 1 aliphatic heterocycles. The van der Waals surface area contributed by atoms with Gasteiger partial charge in [-0.25, -0.2) is 4.98 Å². The molecule has 0 bridgehead atoms. The Balaban J connectivity index is 1.52. The first-order valence-corrected chi connectivity index (χ1v) is 9.21. The fourth-order valence-corrected chi connectivity index (χ4v) is 3.82. The lowest BCUT2D eigenvalue weighted by atomic mass is 10.1. The van der Waals surface area contributed by atoms with E-state index < -0.39 is 0 Å². The van der Waals surface area contributed by atoms with Crippen molar-refractivity contribution in [3.05, 3.63) is 76.6 Å². The summed E-state index contributed by atoms with van der Waals surface area (Å²) in [5, 5.41) is 0.551. The Labute approximate surface area is 160 Å². The number of H-pyrrole nitrogens is 1. The van der Waals surface area contributed by atoms with Gasteiger partial charge < -0.3 is 9.88 Å². The molecule has 3 heterocycles. The molecule has 5 rings (SSSR count). The third kappa shape index (κ3) is 2.72. The highest BCUT2D eigenvalue weighted by Crippen LogP contribution is 2.31. The van der Waals surface area contributed by atoms with E-state index in [1.165, 1.54) is 0 Å². The first kappa shape index (κ1) is 16.6. The van der Waals surface area contributed by atoms with Crippen LogP contribution in [0.25, 0.3) is 21.9 Å². The summed E-state index contributed by atoms with van der Waals surface area (Å²) in [4.78, 5) is 43.4. The number of hydrogen-bond donors (Lipinski definition) is 1. The molecule has 138 valence electrons. The number of nitrogens with one attached hydrogen (secondary N) is 1. The quantitative estimate of drug-likeness (QED) is 0.585. The normalized spacial score (nSPS) is 16.7. The van der Waals surface area contributed by atoms with Gasteiger partial charge in [-0.15, -0.1) is 0 Å². The van der Waals surface area contributed by atoms with E-state index >= 15 is 0 Å². The first-order chi connectivity index (χ1) is 13.7. The number of amides is 1. The summed E-state index contributed by atoms with van der Waals surface area (Å²) < 4.78 is 0. The molecule has 0 radical (unpaired) electrons. The smallest absolute Gasteiger partial charge is 0.258 e. The van der Waals surface area contributed by atoms with Crippen LogP contribution in [0, 0.1) is 0 Å². The number of carbonyl (C=O) groups excluding carboxylic acids is 1. The van der Waals surface area contributed by atoms with E-state index in [1.807, 2.05) is 18.2 Å². The number of fused-ring (bicyclic) bond motifs is 2. The van der Waals surface area contributed by atoms with Gasteiger partial charge in [0.25, 0.3) is 11.5 Å². The molecule has 1 fully saturated rings. The molecule has 0 saturated carbocycles. The van der Waals surface area contributed by atoms with Gasteiger partial charge in [0, 0.05) is 24.5 Å². The van der Waals surface area contributed by atoms with E-state index in [9.17, 15) is 9.59 Å². The number of benzene rings is 2. The average Bonchev–Trinajstić information content (AvgIpc) is 3.23. The van der Waals surface area contributed by atoms with Crippen molar-refractivity contribution in [1.82, 2.24) is 24.8 Å². The summed E-state index contributed by atoms with van der Waals surface area (Å²) >= 11 is 0. The molecule has 1 N–H and O–H groups in total. The lowest BCUT2D eigenvalue weighted by Crippen LogP contribution is -2.32. The minimum absolute atomic E-state index is 0.0918. The third-order valence-electron chi connectivity index (χ3n) is 5.18. The van der Waals surface area contributed by atoms with Gasteiger partial charge in [0.2, 0.25) is 0 Å². The monoisotopic (exact) mass is 371 g/mol. The summed E-state index contributed by atoms with van der Waals surface area (Å²) in [7, 11) is 0. The van der Waals surface area contributed by atoms with Crippen LogP contribution in [-0.4, -0.2) is 37.3 Å². The van der Waals surface area contributed by atoms with Crippen LogP contribution in [0.2, 0.25) is 0 Å². The molecular formula is C21H17N5O2. The van der Waals surface area contributed by atoms with Crippen LogP contribution in [0.15, 0.2) is 59.7 Å². The molecule has 1 aliphatic rings. The molecule has 1 amide bonds. The Morgan fingerprint density at radius 1 is 1.04 bits per heavy atom. The minimum Gasteiger partial charge on any atom is -0.328 e. The van der Waals surface area contributed by atoms with Crippen LogP contribution in [0.3, 0.4) is 0 Å². The second-order valence-electron chi connectivity index (χ2n) is 6.88. The van der Waals surface area contributed by atoms with Gasteiger partial charge in [-0.05, 0) is 43.2 Å². The van der Waals surface area contributed by atoms with Gasteiger partial charge in [0.15, 0.2) is 0 Å². The highest BCUT2D eigenvalue weighted by Gasteiger charge is 2.32. The predicted octanol–water partition coefficient (Wildman–Crippen LogP) is 2.84. The zero-order valence-corrected chi connectivity index (χ0v) is 15.0. The molecule has 28 heavy (non-hydrogen) atoms. The minimum atomic E-state index is -0.248. The highest BCUT2D eigenvalue weighted by atomic mass is 16.2. The molecule has 4 aromatic rings. The second kappa shape index (κ2) is 6.53. The Kier molecular flexibility index (Phi) is 3.86. The molecule has 7 nitrogen and oxygen atoms in total. The topological polar surface area (TPSA) is 91.8 Å². The van der Waals surface area contributed by atoms with E-state index in [0.717, 1.165) is 18.4 Å². The molecule has 0 spiro atoms. The number of likely N-dealkylation sites (tertiary alicyclic amines) is 1. The molecule has 1 atom stereocenters. The van der Waals surface area contributed by atoms with Gasteiger partial charge in [-0.3, -0.25) is 19.6 Å². The number of hydrogen-bond acceptors (Lipinski definition) is 5. The predicted molar refractivity (Wildman–Crippen MR) is 105 cm³/mol. The van der Waals surface area contributed by atoms with Crippen LogP contribution < -0.4 is 5.56 Å². The Morgan fingerprint density at radius 2 is 1.86 bits per heavy atom. The van der Waals surface area contributed by atoms with Crippen LogP contribution in [-0.2, 0) is 0 Å². The average molecular weight is 371 g/mol. The van der Waals surface area contributed by atoms with Gasteiger partial charge in [0.1, 0.15) is 5.82 Å². The number of aromatic nitrogens is 4. The summed E-state index contributed by atoms with van der Waals surface area (Å²) in [6.45, 7) is 0.624. The summed E-state index contributed by atoms with van der Waals surface area (Å²) in [6.07, 6.45) is 4.86. The maximum atomic E-state index is 13.2. The number of nitrogens with zero attached hydrogens (tertiary/aromatic N) is 4. The van der Waals surface area contributed by atoms with E-state index in [2.05, 4.69) is 19.9 Å². The Bertz CT molecular complexity index is 1270. The van der Waals surface area contributed by atoms with Crippen molar-refractivity contribution in [3.8, 4) is 0 Å². The SMILES string of the molecule is O=C(c1ccc2nccnc2c1)N1CCCC1c1nc2ccccc2c(=O)[nH]1. The van der Waals surface area contributed by atoms with Crippen LogP contribution in [0.1, 0.15) is 35.1 Å². The maximum Gasteiger partial charge on any atom is 0.258 e. The number of carbonyl (C=O) groups is 1. The molecule has 1 unspecified atom stereocenters. The van der Waals surface area contributed by atoms with Crippen molar-refractivity contribution < 1.29 is 4.79 Å². The fourth-order valence-electron chi connectivity index (χ4n) is 3.82. The lowest BCUT2D eigenvalue weighted by Gasteiger charge is -2.24. The Morgan fingerprint density at radius 3 is 2.75 bits per heavy atom. The van der Waals surface area contributed by atoms with Gasteiger partial charge >= 0.3 is 0 Å². The van der Waals surface area contributed by atoms with Crippen molar-refractivity contribution in [1.29, 1.82) is 0 Å². The van der Waals surface area contributed by atoms with Crippen molar-refractivity contribution >= 4 is 27.8 Å². The van der Waals surface area contributed by atoms with E-state index in [0.29, 0.717) is 34.4 Å². The third-order valence-corrected chi connectivity index (χ3v) is 5.18. The van der Waals surface area contributed by atoms with Crippen molar-refractivity contribution in [2.75, 3.05) is 6.54 Å². The standard InChI is InChI=1S/C21H17N5O2/c27-20-14-4-1-2-5-15(14)24-19(25-20)18-6-3-11-26(18)21(28)13-7-8-16-17(12-13)23-10-9-22-16/h1-2,4-5,7-10,12,18H,3,6,11H2,(H,24,25,27). The first-order valence-electron chi connectivity index (χ1n) is 9.21. The van der Waals surface area contributed by atoms with Crippen LogP contribution in [0.5, 0.6) is 0 Å². The number of para-hydroxylation sites is 1. The van der Waals surface area contributed by atoms with Gasteiger partial charge in [-0.2, -0.15) is 0 Å². The zero-order valence-electron chi connectivity index (χ0n) is 15.0.